The molecule has 0 aliphatic carbocycles. The van der Waals surface area contributed by atoms with E-state index >= 15 is 0 Å². The minimum atomic E-state index is -0.134. The van der Waals surface area contributed by atoms with Crippen LogP contribution in [0.4, 0.5) is 0 Å². The number of benzene rings is 2. The number of carbonyl (C=O) groups excluding carboxylic acids is 2. The van der Waals surface area contributed by atoms with Gasteiger partial charge >= 0.3 is 0 Å². The number of hydrogen-bond donors (Lipinski definition) is 0. The summed E-state index contributed by atoms with van der Waals surface area (Å²) in [5.41, 5.74) is 0.951. The van der Waals surface area contributed by atoms with E-state index in [1.54, 1.807) is 46.2 Å². The summed E-state index contributed by atoms with van der Waals surface area (Å²) >= 11 is 23.7. The number of rotatable bonds is 2. The molecule has 1 aliphatic heterocycles. The first kappa shape index (κ1) is 19.3. The highest BCUT2D eigenvalue weighted by Crippen LogP contribution is 2.25. The highest BCUT2D eigenvalue weighted by molar-refractivity contribution is 6.42. The van der Waals surface area contributed by atoms with Crippen molar-refractivity contribution in [2.75, 3.05) is 26.2 Å². The molecule has 0 radical (unpaired) electrons. The van der Waals surface area contributed by atoms with Crippen molar-refractivity contribution in [2.24, 2.45) is 0 Å². The molecule has 26 heavy (non-hydrogen) atoms. The van der Waals surface area contributed by atoms with E-state index in [-0.39, 0.29) is 11.8 Å². The molecule has 2 amide bonds. The van der Waals surface area contributed by atoms with Crippen LogP contribution in [-0.4, -0.2) is 47.8 Å². The average molecular weight is 432 g/mol. The molecule has 2 aromatic carbocycles. The molecule has 1 heterocycles. The third-order valence-electron chi connectivity index (χ3n) is 4.19. The molecule has 0 unspecified atom stereocenters. The van der Waals surface area contributed by atoms with Gasteiger partial charge in [-0.1, -0.05) is 46.4 Å². The van der Waals surface area contributed by atoms with Crippen molar-refractivity contribution >= 4 is 58.2 Å². The molecule has 8 heteroatoms. The predicted molar refractivity (Wildman–Crippen MR) is 105 cm³/mol. The molecule has 1 saturated heterocycles. The summed E-state index contributed by atoms with van der Waals surface area (Å²) in [6.45, 7) is 1.75. The molecule has 2 aromatic rings. The van der Waals surface area contributed by atoms with Gasteiger partial charge in [-0.05, 0) is 36.4 Å². The topological polar surface area (TPSA) is 40.6 Å². The van der Waals surface area contributed by atoms with Gasteiger partial charge in [-0.15, -0.1) is 0 Å². The largest absolute Gasteiger partial charge is 0.335 e. The molecule has 0 atom stereocenters. The lowest BCUT2D eigenvalue weighted by Crippen LogP contribution is -2.50. The van der Waals surface area contributed by atoms with Crippen LogP contribution in [0.15, 0.2) is 36.4 Å². The van der Waals surface area contributed by atoms with Gasteiger partial charge in [0.15, 0.2) is 0 Å². The fraction of sp³-hybridized carbons (Fsp3) is 0.222. The number of nitrogens with zero attached hydrogens (tertiary/aromatic N) is 2. The summed E-state index contributed by atoms with van der Waals surface area (Å²) in [6, 6.07) is 9.59. The quantitative estimate of drug-likeness (QED) is 0.678. The smallest absolute Gasteiger partial charge is 0.254 e. The standard InChI is InChI=1S/C18H14Cl4N2O2/c19-13-3-1-11(9-15(13)21)17(25)23-5-7-24(8-6-23)18(26)12-2-4-14(20)16(22)10-12/h1-4,9-10H,5-8H2. The van der Waals surface area contributed by atoms with Crippen molar-refractivity contribution < 1.29 is 9.59 Å². The molecule has 0 saturated carbocycles. The van der Waals surface area contributed by atoms with Crippen molar-refractivity contribution in [3.8, 4) is 0 Å². The molecule has 0 spiro atoms. The van der Waals surface area contributed by atoms with Crippen molar-refractivity contribution in [3.05, 3.63) is 67.6 Å². The molecule has 3 rings (SSSR count). The summed E-state index contributed by atoms with van der Waals surface area (Å²) in [5.74, 6) is -0.268. The maximum Gasteiger partial charge on any atom is 0.254 e. The second kappa shape index (κ2) is 8.05. The molecule has 4 nitrogen and oxygen atoms in total. The summed E-state index contributed by atoms with van der Waals surface area (Å²) < 4.78 is 0. The van der Waals surface area contributed by atoms with Gasteiger partial charge in [0.1, 0.15) is 0 Å². The summed E-state index contributed by atoms with van der Waals surface area (Å²) in [5, 5.41) is 1.48. The van der Waals surface area contributed by atoms with E-state index in [4.69, 9.17) is 46.4 Å². The average Bonchev–Trinajstić information content (AvgIpc) is 2.65. The van der Waals surface area contributed by atoms with E-state index in [0.717, 1.165) is 0 Å². The van der Waals surface area contributed by atoms with Gasteiger partial charge in [0, 0.05) is 37.3 Å². The Balaban J connectivity index is 1.64. The molecule has 1 fully saturated rings. The van der Waals surface area contributed by atoms with Gasteiger partial charge in [0.05, 0.1) is 20.1 Å². The minimum Gasteiger partial charge on any atom is -0.335 e. The summed E-state index contributed by atoms with van der Waals surface area (Å²) in [7, 11) is 0. The Morgan fingerprint density at radius 3 is 1.27 bits per heavy atom. The Labute approximate surface area is 171 Å². The van der Waals surface area contributed by atoms with Gasteiger partial charge < -0.3 is 9.80 Å². The molecule has 0 bridgehead atoms. The Kier molecular flexibility index (Phi) is 5.98. The Morgan fingerprint density at radius 2 is 0.962 bits per heavy atom. The van der Waals surface area contributed by atoms with Gasteiger partial charge in [-0.2, -0.15) is 0 Å². The highest BCUT2D eigenvalue weighted by atomic mass is 35.5. The lowest BCUT2D eigenvalue weighted by molar-refractivity contribution is 0.0535. The van der Waals surface area contributed by atoms with Crippen LogP contribution in [0, 0.1) is 0 Å². The van der Waals surface area contributed by atoms with Crippen molar-refractivity contribution in [3.63, 3.8) is 0 Å². The Morgan fingerprint density at radius 1 is 0.615 bits per heavy atom. The zero-order chi connectivity index (χ0) is 18.8. The first-order valence-corrected chi connectivity index (χ1v) is 9.36. The molecule has 0 N–H and O–H groups in total. The van der Waals surface area contributed by atoms with Crippen LogP contribution in [0.2, 0.25) is 20.1 Å². The highest BCUT2D eigenvalue weighted by Gasteiger charge is 2.26. The maximum absolute atomic E-state index is 12.6. The number of piperazine rings is 1. The van der Waals surface area contributed by atoms with Crippen LogP contribution in [0.3, 0.4) is 0 Å². The third-order valence-corrected chi connectivity index (χ3v) is 5.67. The van der Waals surface area contributed by atoms with Crippen LogP contribution >= 0.6 is 46.4 Å². The van der Waals surface area contributed by atoms with Crippen LogP contribution in [0.25, 0.3) is 0 Å². The summed E-state index contributed by atoms with van der Waals surface area (Å²) in [4.78, 5) is 28.5. The summed E-state index contributed by atoms with van der Waals surface area (Å²) in [6.07, 6.45) is 0. The van der Waals surface area contributed by atoms with Gasteiger partial charge in [-0.25, -0.2) is 0 Å². The monoisotopic (exact) mass is 430 g/mol. The molecule has 136 valence electrons. The SMILES string of the molecule is O=C(c1ccc(Cl)c(Cl)c1)N1CCN(C(=O)c2ccc(Cl)c(Cl)c2)CC1. The van der Waals surface area contributed by atoms with E-state index in [9.17, 15) is 9.59 Å². The molecular formula is C18H14Cl4N2O2. The second-order valence-electron chi connectivity index (χ2n) is 5.84. The zero-order valence-electron chi connectivity index (χ0n) is 13.5. The van der Waals surface area contributed by atoms with Crippen LogP contribution in [0.1, 0.15) is 20.7 Å². The predicted octanol–water partition coefficient (Wildman–Crippen LogP) is 4.90. The maximum atomic E-state index is 12.6. The van der Waals surface area contributed by atoms with Gasteiger partial charge in [0.25, 0.3) is 11.8 Å². The minimum absolute atomic E-state index is 0.134. The van der Waals surface area contributed by atoms with E-state index in [1.165, 1.54) is 0 Å². The molecular weight excluding hydrogens is 418 g/mol. The number of halogens is 4. The van der Waals surface area contributed by atoms with Crippen LogP contribution < -0.4 is 0 Å². The molecule has 1 aliphatic rings. The van der Waals surface area contributed by atoms with Crippen LogP contribution in [0.5, 0.6) is 0 Å². The van der Waals surface area contributed by atoms with E-state index in [1.807, 2.05) is 0 Å². The number of hydrogen-bond acceptors (Lipinski definition) is 2. The lowest BCUT2D eigenvalue weighted by Gasteiger charge is -2.35. The van der Waals surface area contributed by atoms with E-state index in [2.05, 4.69) is 0 Å². The Bertz CT molecular complexity index is 793. The normalized spacial score (nSPS) is 14.5. The number of amides is 2. The lowest BCUT2D eigenvalue weighted by atomic mass is 10.1. The van der Waals surface area contributed by atoms with Crippen molar-refractivity contribution in [1.29, 1.82) is 0 Å². The van der Waals surface area contributed by atoms with Crippen LogP contribution in [-0.2, 0) is 0 Å². The third kappa shape index (κ3) is 4.09. The second-order valence-corrected chi connectivity index (χ2v) is 7.47. The van der Waals surface area contributed by atoms with Gasteiger partial charge in [-0.3, -0.25) is 9.59 Å². The van der Waals surface area contributed by atoms with Crippen molar-refractivity contribution in [2.45, 2.75) is 0 Å². The van der Waals surface area contributed by atoms with E-state index < -0.39 is 0 Å². The number of carbonyl (C=O) groups is 2. The first-order valence-electron chi connectivity index (χ1n) is 7.85. The molecule has 0 aromatic heterocycles. The van der Waals surface area contributed by atoms with Crippen molar-refractivity contribution in [1.82, 2.24) is 9.80 Å². The fourth-order valence-corrected chi connectivity index (χ4v) is 3.33. The Hall–Kier alpha value is -1.46. The fourth-order valence-electron chi connectivity index (χ4n) is 2.74. The zero-order valence-corrected chi connectivity index (χ0v) is 16.5. The first-order chi connectivity index (χ1) is 12.4. The van der Waals surface area contributed by atoms with E-state index in [0.29, 0.717) is 57.4 Å². The van der Waals surface area contributed by atoms with Gasteiger partial charge in [0.2, 0.25) is 0 Å².